The number of anilines is 1. The van der Waals surface area contributed by atoms with Crippen LogP contribution in [-0.2, 0) is 11.2 Å². The maximum Gasteiger partial charge on any atom is 0.300 e. The number of aromatic nitrogens is 4. The van der Waals surface area contributed by atoms with Gasteiger partial charge in [0.05, 0.1) is 23.4 Å². The van der Waals surface area contributed by atoms with Crippen LogP contribution in [0.2, 0.25) is 0 Å². The van der Waals surface area contributed by atoms with Crippen molar-refractivity contribution in [1.82, 2.24) is 19.4 Å². The number of pyridine rings is 1. The SMILES string of the molecule is O=c1c(O)c(-c2ncc(Cc3ccc(F)cc3)[nH]2)nc2c(Br)cc(N3CCOCC3)cn12. The van der Waals surface area contributed by atoms with Gasteiger partial charge in [-0.3, -0.25) is 9.20 Å². The molecule has 1 fully saturated rings. The smallest absolute Gasteiger partial charge is 0.300 e. The van der Waals surface area contributed by atoms with Crippen LogP contribution in [0.4, 0.5) is 10.1 Å². The normalized spacial score (nSPS) is 14.2. The maximum absolute atomic E-state index is 13.1. The highest BCUT2D eigenvalue weighted by molar-refractivity contribution is 9.10. The predicted molar refractivity (Wildman–Crippen MR) is 121 cm³/mol. The van der Waals surface area contributed by atoms with Crippen molar-refractivity contribution in [2.75, 3.05) is 31.2 Å². The van der Waals surface area contributed by atoms with Crippen molar-refractivity contribution < 1.29 is 14.2 Å². The Morgan fingerprint density at radius 2 is 1.97 bits per heavy atom. The predicted octanol–water partition coefficient (Wildman–Crippen LogP) is 3.12. The number of rotatable bonds is 4. The summed E-state index contributed by atoms with van der Waals surface area (Å²) in [5, 5.41) is 10.6. The summed E-state index contributed by atoms with van der Waals surface area (Å²) < 4.78 is 20.5. The van der Waals surface area contributed by atoms with Gasteiger partial charge in [0.2, 0.25) is 5.75 Å². The van der Waals surface area contributed by atoms with Gasteiger partial charge in [-0.05, 0) is 39.7 Å². The average Bonchev–Trinajstić information content (AvgIpc) is 3.26. The van der Waals surface area contributed by atoms with E-state index >= 15 is 0 Å². The molecular weight excluding hydrogens is 481 g/mol. The van der Waals surface area contributed by atoms with Crippen molar-refractivity contribution in [3.63, 3.8) is 0 Å². The van der Waals surface area contributed by atoms with Crippen LogP contribution >= 0.6 is 15.9 Å². The topological polar surface area (TPSA) is 95.7 Å². The number of hydrogen-bond acceptors (Lipinski definition) is 6. The van der Waals surface area contributed by atoms with Crippen LogP contribution < -0.4 is 10.5 Å². The van der Waals surface area contributed by atoms with E-state index in [4.69, 9.17) is 4.74 Å². The van der Waals surface area contributed by atoms with Gasteiger partial charge in [-0.2, -0.15) is 0 Å². The third-order valence-corrected chi connectivity index (χ3v) is 5.96. The summed E-state index contributed by atoms with van der Waals surface area (Å²) in [7, 11) is 0. The van der Waals surface area contributed by atoms with E-state index in [1.807, 2.05) is 6.07 Å². The summed E-state index contributed by atoms with van der Waals surface area (Å²) in [5.74, 6) is -0.508. The molecule has 1 saturated heterocycles. The van der Waals surface area contributed by atoms with Crippen molar-refractivity contribution in [3.05, 3.63) is 74.6 Å². The van der Waals surface area contributed by atoms with Crippen molar-refractivity contribution in [2.45, 2.75) is 6.42 Å². The van der Waals surface area contributed by atoms with Crippen molar-refractivity contribution in [1.29, 1.82) is 0 Å². The van der Waals surface area contributed by atoms with Crippen LogP contribution in [0.3, 0.4) is 0 Å². The molecular formula is C22H19BrFN5O3. The fourth-order valence-corrected chi connectivity index (χ4v) is 4.24. The maximum atomic E-state index is 13.1. The van der Waals surface area contributed by atoms with Gasteiger partial charge in [0.1, 0.15) is 5.82 Å². The minimum atomic E-state index is -0.586. The van der Waals surface area contributed by atoms with E-state index in [0.717, 1.165) is 16.9 Å². The molecule has 2 N–H and O–H groups in total. The van der Waals surface area contributed by atoms with Crippen LogP contribution in [0.5, 0.6) is 5.75 Å². The van der Waals surface area contributed by atoms with E-state index in [1.54, 1.807) is 24.5 Å². The highest BCUT2D eigenvalue weighted by atomic mass is 79.9. The minimum Gasteiger partial charge on any atom is -0.501 e. The lowest BCUT2D eigenvalue weighted by Crippen LogP contribution is -2.36. The Labute approximate surface area is 190 Å². The Hall–Kier alpha value is -3.24. The number of aromatic amines is 1. The quantitative estimate of drug-likeness (QED) is 0.447. The largest absolute Gasteiger partial charge is 0.501 e. The van der Waals surface area contributed by atoms with Crippen LogP contribution in [0.1, 0.15) is 11.3 Å². The molecule has 0 bridgehead atoms. The zero-order chi connectivity index (χ0) is 22.2. The molecule has 0 radical (unpaired) electrons. The molecule has 4 heterocycles. The number of nitrogens with zero attached hydrogens (tertiary/aromatic N) is 4. The molecule has 0 spiro atoms. The molecule has 32 heavy (non-hydrogen) atoms. The van der Waals surface area contributed by atoms with Crippen LogP contribution in [0, 0.1) is 5.82 Å². The third-order valence-electron chi connectivity index (χ3n) is 5.38. The molecule has 0 amide bonds. The molecule has 0 unspecified atom stereocenters. The van der Waals surface area contributed by atoms with Crippen molar-refractivity contribution in [3.8, 4) is 17.3 Å². The number of aromatic hydroxyl groups is 1. The lowest BCUT2D eigenvalue weighted by Gasteiger charge is -2.29. The Morgan fingerprint density at radius 1 is 1.22 bits per heavy atom. The van der Waals surface area contributed by atoms with Crippen molar-refractivity contribution >= 4 is 27.3 Å². The van der Waals surface area contributed by atoms with Gasteiger partial charge in [0.25, 0.3) is 0 Å². The molecule has 1 aliphatic rings. The van der Waals surface area contributed by atoms with E-state index in [1.165, 1.54) is 16.5 Å². The molecule has 0 atom stereocenters. The number of hydrogen-bond donors (Lipinski definition) is 2. The minimum absolute atomic E-state index is 0.0696. The molecule has 164 valence electrons. The molecule has 10 heteroatoms. The molecule has 1 aromatic carbocycles. The monoisotopic (exact) mass is 499 g/mol. The van der Waals surface area contributed by atoms with E-state index in [9.17, 15) is 14.3 Å². The lowest BCUT2D eigenvalue weighted by atomic mass is 10.1. The Morgan fingerprint density at radius 3 is 2.72 bits per heavy atom. The molecule has 0 aliphatic carbocycles. The Balaban J connectivity index is 1.52. The second-order valence-corrected chi connectivity index (χ2v) is 8.37. The standard InChI is InChI=1S/C22H19BrFN5O3/c23-17-10-16(28-5-7-32-8-6-28)12-29-21(17)27-18(19(30)22(29)31)20-25-11-15(26-20)9-13-1-3-14(24)4-2-13/h1-4,10-12,30H,5-9H2,(H,25,26). The Bertz CT molecular complexity index is 1350. The molecule has 4 aromatic rings. The number of imidazole rings is 1. The van der Waals surface area contributed by atoms with Gasteiger partial charge in [-0.15, -0.1) is 0 Å². The van der Waals surface area contributed by atoms with Gasteiger partial charge in [-0.1, -0.05) is 12.1 Å². The van der Waals surface area contributed by atoms with Gasteiger partial charge in [-0.25, -0.2) is 14.4 Å². The van der Waals surface area contributed by atoms with E-state index in [0.29, 0.717) is 42.8 Å². The third kappa shape index (κ3) is 3.87. The number of nitrogens with one attached hydrogen (secondary N) is 1. The number of ether oxygens (including phenoxy) is 1. The molecule has 5 rings (SSSR count). The first kappa shape index (κ1) is 20.7. The zero-order valence-electron chi connectivity index (χ0n) is 16.9. The summed E-state index contributed by atoms with van der Waals surface area (Å²) >= 11 is 3.51. The first-order chi connectivity index (χ1) is 15.5. The summed E-state index contributed by atoms with van der Waals surface area (Å²) in [6.07, 6.45) is 3.78. The van der Waals surface area contributed by atoms with E-state index in [-0.39, 0.29) is 17.3 Å². The molecule has 3 aromatic heterocycles. The second-order valence-electron chi connectivity index (χ2n) is 7.51. The number of halogens is 2. The number of H-pyrrole nitrogens is 1. The highest BCUT2D eigenvalue weighted by Crippen LogP contribution is 2.28. The molecule has 8 nitrogen and oxygen atoms in total. The fraction of sp³-hybridized carbons (Fsp3) is 0.227. The van der Waals surface area contributed by atoms with Gasteiger partial charge >= 0.3 is 5.56 Å². The zero-order valence-corrected chi connectivity index (χ0v) is 18.5. The average molecular weight is 500 g/mol. The number of benzene rings is 1. The summed E-state index contributed by atoms with van der Waals surface area (Å²) in [5.41, 5.74) is 2.34. The van der Waals surface area contributed by atoms with Crippen molar-refractivity contribution in [2.24, 2.45) is 0 Å². The van der Waals surface area contributed by atoms with Crippen LogP contribution in [0.15, 0.2) is 52.0 Å². The fourth-order valence-electron chi connectivity index (χ4n) is 3.73. The number of morpholine rings is 1. The van der Waals surface area contributed by atoms with Crippen LogP contribution in [0.25, 0.3) is 17.2 Å². The summed E-state index contributed by atoms with van der Waals surface area (Å²) in [6.45, 7) is 2.67. The van der Waals surface area contributed by atoms with E-state index in [2.05, 4.69) is 35.8 Å². The summed E-state index contributed by atoms with van der Waals surface area (Å²) in [4.78, 5) is 27.0. The Kier molecular flexibility index (Phi) is 5.40. The molecule has 0 saturated carbocycles. The number of fused-ring (bicyclic) bond motifs is 1. The first-order valence-electron chi connectivity index (χ1n) is 10.1. The van der Waals surface area contributed by atoms with Crippen LogP contribution in [-0.4, -0.2) is 50.8 Å². The molecule has 1 aliphatic heterocycles. The highest BCUT2D eigenvalue weighted by Gasteiger charge is 2.20. The van der Waals surface area contributed by atoms with Gasteiger partial charge in [0, 0.05) is 37.6 Å². The lowest BCUT2D eigenvalue weighted by molar-refractivity contribution is 0.122. The first-order valence-corrected chi connectivity index (χ1v) is 10.8. The summed E-state index contributed by atoms with van der Waals surface area (Å²) in [6, 6.07) is 8.07. The van der Waals surface area contributed by atoms with Gasteiger partial charge in [0.15, 0.2) is 17.2 Å². The second kappa shape index (κ2) is 8.36. The van der Waals surface area contributed by atoms with E-state index < -0.39 is 11.3 Å². The van der Waals surface area contributed by atoms with Gasteiger partial charge < -0.3 is 19.7 Å².